The first kappa shape index (κ1) is 27.5. The van der Waals surface area contributed by atoms with E-state index in [4.69, 9.17) is 32.5 Å². The second-order valence-corrected chi connectivity index (χ2v) is 6.53. The van der Waals surface area contributed by atoms with Gasteiger partial charge in [0.05, 0.1) is 19.1 Å². The molecule has 176 valence electrons. The number of guanidine groups is 1. The standard InChI is InChI=1S/C16H29N7O8/c1-7(12(27)23-10(6-24)15(30)31)21-14(29)9(5-11(25)26)22-13(28)8(17)3-2-4-20-16(18)19/h7-10,24H,2-6,17H2,1H3,(H,21,29)(H,22,28)(H,23,27)(H,25,26)(H,30,31)(H4,18,19,20). The number of aliphatic imine (C=N–C) groups is 1. The SMILES string of the molecule is CC(NC(=O)C(CC(=O)O)NC(=O)C(N)CCCN=C(N)N)C(=O)NC(CO)C(=O)O. The summed E-state index contributed by atoms with van der Waals surface area (Å²) in [5, 5.41) is 33.1. The highest BCUT2D eigenvalue weighted by Crippen LogP contribution is 2.00. The molecule has 4 atom stereocenters. The summed E-state index contributed by atoms with van der Waals surface area (Å²) in [6.45, 7) is 0.555. The summed E-state index contributed by atoms with van der Waals surface area (Å²) in [5.74, 6) is -5.74. The molecule has 0 saturated heterocycles. The van der Waals surface area contributed by atoms with Crippen molar-refractivity contribution >= 4 is 35.6 Å². The number of nitrogens with one attached hydrogen (secondary N) is 3. The molecule has 0 aromatic heterocycles. The minimum atomic E-state index is -1.58. The van der Waals surface area contributed by atoms with Crippen LogP contribution in [0.3, 0.4) is 0 Å². The third-order valence-electron chi connectivity index (χ3n) is 3.87. The summed E-state index contributed by atoms with van der Waals surface area (Å²) in [7, 11) is 0. The second kappa shape index (κ2) is 13.7. The van der Waals surface area contributed by atoms with E-state index in [0.29, 0.717) is 6.42 Å². The molecule has 0 aliphatic carbocycles. The molecule has 12 N–H and O–H groups in total. The lowest BCUT2D eigenvalue weighted by atomic mass is 10.1. The maximum atomic E-state index is 12.4. The Morgan fingerprint density at radius 3 is 2.00 bits per heavy atom. The molecule has 3 amide bonds. The number of carbonyl (C=O) groups is 5. The normalized spacial score (nSPS) is 14.3. The van der Waals surface area contributed by atoms with Crippen molar-refractivity contribution < 1.29 is 39.3 Å². The predicted octanol–water partition coefficient (Wildman–Crippen LogP) is -4.61. The van der Waals surface area contributed by atoms with E-state index in [1.54, 1.807) is 0 Å². The number of nitrogens with zero attached hydrogens (tertiary/aromatic N) is 1. The first-order valence-corrected chi connectivity index (χ1v) is 9.16. The molecule has 0 aliphatic heterocycles. The minimum Gasteiger partial charge on any atom is -0.481 e. The van der Waals surface area contributed by atoms with E-state index in [-0.39, 0.29) is 18.9 Å². The number of carbonyl (C=O) groups excluding carboxylic acids is 3. The fourth-order valence-electron chi connectivity index (χ4n) is 2.17. The zero-order chi connectivity index (χ0) is 24.1. The highest BCUT2D eigenvalue weighted by Gasteiger charge is 2.29. The number of nitrogens with two attached hydrogens (primary N) is 3. The molecule has 0 radical (unpaired) electrons. The molecular formula is C16H29N7O8. The zero-order valence-corrected chi connectivity index (χ0v) is 16.9. The van der Waals surface area contributed by atoms with Crippen LogP contribution in [0.2, 0.25) is 0 Å². The third kappa shape index (κ3) is 11.3. The van der Waals surface area contributed by atoms with Crippen LogP contribution in [-0.4, -0.2) is 88.3 Å². The molecule has 0 fully saturated rings. The molecule has 4 unspecified atom stereocenters. The van der Waals surface area contributed by atoms with Crippen molar-refractivity contribution in [3.8, 4) is 0 Å². The van der Waals surface area contributed by atoms with Crippen molar-refractivity contribution in [3.05, 3.63) is 0 Å². The van der Waals surface area contributed by atoms with Gasteiger partial charge in [0.25, 0.3) is 0 Å². The molecule has 15 nitrogen and oxygen atoms in total. The van der Waals surface area contributed by atoms with Crippen LogP contribution in [0, 0.1) is 0 Å². The van der Waals surface area contributed by atoms with Crippen molar-refractivity contribution in [2.24, 2.45) is 22.2 Å². The maximum absolute atomic E-state index is 12.4. The average molecular weight is 447 g/mol. The fraction of sp³-hybridized carbons (Fsp3) is 0.625. The monoisotopic (exact) mass is 447 g/mol. The van der Waals surface area contributed by atoms with Crippen LogP contribution in [0.15, 0.2) is 4.99 Å². The molecule has 0 rings (SSSR count). The number of carboxylic acids is 2. The number of aliphatic carboxylic acids is 2. The lowest BCUT2D eigenvalue weighted by molar-refractivity contribution is -0.144. The Kier molecular flexibility index (Phi) is 12.2. The van der Waals surface area contributed by atoms with Crippen LogP contribution >= 0.6 is 0 Å². The van der Waals surface area contributed by atoms with E-state index in [1.807, 2.05) is 5.32 Å². The van der Waals surface area contributed by atoms with E-state index < -0.39 is 66.9 Å². The summed E-state index contributed by atoms with van der Waals surface area (Å²) < 4.78 is 0. The van der Waals surface area contributed by atoms with Crippen LogP contribution in [0.25, 0.3) is 0 Å². The summed E-state index contributed by atoms with van der Waals surface area (Å²) in [6.07, 6.45) is -0.281. The summed E-state index contributed by atoms with van der Waals surface area (Å²) in [4.78, 5) is 62.1. The third-order valence-corrected chi connectivity index (χ3v) is 3.87. The molecule has 0 aliphatic rings. The van der Waals surface area contributed by atoms with E-state index in [9.17, 15) is 24.0 Å². The van der Waals surface area contributed by atoms with Gasteiger partial charge in [0, 0.05) is 6.54 Å². The summed E-state index contributed by atoms with van der Waals surface area (Å²) in [5.41, 5.74) is 16.1. The van der Waals surface area contributed by atoms with Gasteiger partial charge < -0.3 is 48.5 Å². The van der Waals surface area contributed by atoms with Crippen LogP contribution < -0.4 is 33.2 Å². The van der Waals surface area contributed by atoms with Gasteiger partial charge >= 0.3 is 11.9 Å². The molecule has 31 heavy (non-hydrogen) atoms. The van der Waals surface area contributed by atoms with E-state index in [0.717, 1.165) is 0 Å². The molecular weight excluding hydrogens is 418 g/mol. The number of hydrogen-bond acceptors (Lipinski definition) is 8. The molecule has 0 bridgehead atoms. The first-order valence-electron chi connectivity index (χ1n) is 9.16. The van der Waals surface area contributed by atoms with Crippen molar-refractivity contribution in [2.45, 2.75) is 50.4 Å². The van der Waals surface area contributed by atoms with Crippen LogP contribution in [0.5, 0.6) is 0 Å². The second-order valence-electron chi connectivity index (χ2n) is 6.53. The number of aliphatic hydroxyl groups excluding tert-OH is 1. The van der Waals surface area contributed by atoms with Gasteiger partial charge in [0.2, 0.25) is 17.7 Å². The molecule has 0 heterocycles. The summed E-state index contributed by atoms with van der Waals surface area (Å²) >= 11 is 0. The Morgan fingerprint density at radius 2 is 1.52 bits per heavy atom. The quantitative estimate of drug-likeness (QED) is 0.0693. The smallest absolute Gasteiger partial charge is 0.328 e. The van der Waals surface area contributed by atoms with Gasteiger partial charge in [-0.1, -0.05) is 0 Å². The molecule has 15 heteroatoms. The van der Waals surface area contributed by atoms with E-state index in [1.165, 1.54) is 6.92 Å². The van der Waals surface area contributed by atoms with Gasteiger partial charge in [-0.15, -0.1) is 0 Å². The Hall–Kier alpha value is -3.46. The van der Waals surface area contributed by atoms with Gasteiger partial charge in [-0.25, -0.2) is 4.79 Å². The Morgan fingerprint density at radius 1 is 0.935 bits per heavy atom. The lowest BCUT2D eigenvalue weighted by Crippen LogP contribution is -2.57. The number of carboxylic acid groups (broad SMARTS) is 2. The topological polar surface area (TPSA) is 273 Å². The Labute approximate surface area is 177 Å². The van der Waals surface area contributed by atoms with Gasteiger partial charge in [0.1, 0.15) is 18.1 Å². The summed E-state index contributed by atoms with van der Waals surface area (Å²) in [6, 6.07) is -5.49. The number of aliphatic hydroxyl groups is 1. The average Bonchev–Trinajstić information content (AvgIpc) is 2.67. The highest BCUT2D eigenvalue weighted by molar-refractivity contribution is 5.95. The van der Waals surface area contributed by atoms with E-state index >= 15 is 0 Å². The Balaban J connectivity index is 4.94. The first-order chi connectivity index (χ1) is 14.4. The van der Waals surface area contributed by atoms with Gasteiger partial charge in [-0.05, 0) is 19.8 Å². The molecule has 0 aromatic carbocycles. The number of amides is 3. The predicted molar refractivity (Wildman–Crippen MR) is 106 cm³/mol. The minimum absolute atomic E-state index is 0.122. The Bertz CT molecular complexity index is 695. The maximum Gasteiger partial charge on any atom is 0.328 e. The van der Waals surface area contributed by atoms with Gasteiger partial charge in [0.15, 0.2) is 5.96 Å². The van der Waals surface area contributed by atoms with Crippen molar-refractivity contribution in [3.63, 3.8) is 0 Å². The van der Waals surface area contributed by atoms with Crippen LogP contribution in [0.1, 0.15) is 26.2 Å². The molecule has 0 saturated carbocycles. The highest BCUT2D eigenvalue weighted by atomic mass is 16.4. The van der Waals surface area contributed by atoms with Crippen molar-refractivity contribution in [1.82, 2.24) is 16.0 Å². The fourth-order valence-corrected chi connectivity index (χ4v) is 2.17. The van der Waals surface area contributed by atoms with E-state index in [2.05, 4.69) is 15.6 Å². The van der Waals surface area contributed by atoms with Crippen LogP contribution in [-0.2, 0) is 24.0 Å². The lowest BCUT2D eigenvalue weighted by Gasteiger charge is -2.22. The van der Waals surface area contributed by atoms with Crippen molar-refractivity contribution in [1.29, 1.82) is 0 Å². The number of rotatable bonds is 14. The molecule has 0 aromatic rings. The van der Waals surface area contributed by atoms with Crippen LogP contribution in [0.4, 0.5) is 0 Å². The largest absolute Gasteiger partial charge is 0.481 e. The van der Waals surface area contributed by atoms with Gasteiger partial charge in [-0.2, -0.15) is 0 Å². The molecule has 0 spiro atoms. The van der Waals surface area contributed by atoms with Crippen molar-refractivity contribution in [2.75, 3.05) is 13.2 Å². The van der Waals surface area contributed by atoms with Gasteiger partial charge in [-0.3, -0.25) is 24.2 Å². The number of hydrogen-bond donors (Lipinski definition) is 9. The zero-order valence-electron chi connectivity index (χ0n) is 16.9.